The molecule has 0 bridgehead atoms. The lowest BCUT2D eigenvalue weighted by Gasteiger charge is -2.16. The molecule has 3 nitrogen and oxygen atoms in total. The van der Waals surface area contributed by atoms with Crippen LogP contribution in [-0.4, -0.2) is 23.9 Å². The van der Waals surface area contributed by atoms with Crippen LogP contribution >= 0.6 is 0 Å². The van der Waals surface area contributed by atoms with Crippen molar-refractivity contribution in [1.29, 1.82) is 0 Å². The van der Waals surface area contributed by atoms with Crippen molar-refractivity contribution in [3.8, 4) is 0 Å². The fraction of sp³-hybridized carbons (Fsp3) is 0.364. The maximum atomic E-state index is 13.1. The van der Waals surface area contributed by atoms with Gasteiger partial charge < -0.3 is 10.6 Å². The first-order chi connectivity index (χ1) is 7.20. The van der Waals surface area contributed by atoms with Gasteiger partial charge in [-0.25, -0.2) is 4.39 Å². The molecule has 0 saturated carbocycles. The molecule has 2 rings (SSSR count). The third kappa shape index (κ3) is 1.79. The number of hydrogen-bond acceptors (Lipinski definition) is 2. The highest BCUT2D eigenvalue weighted by Gasteiger charge is 2.21. The second-order valence-electron chi connectivity index (χ2n) is 3.70. The molecule has 0 atom stereocenters. The molecule has 0 radical (unpaired) electrons. The summed E-state index contributed by atoms with van der Waals surface area (Å²) >= 11 is 0. The number of nitrogens with zero attached hydrogens (tertiary/aromatic N) is 1. The monoisotopic (exact) mass is 208 g/mol. The van der Waals surface area contributed by atoms with E-state index in [-0.39, 0.29) is 17.2 Å². The van der Waals surface area contributed by atoms with Crippen LogP contribution in [0.25, 0.3) is 0 Å². The zero-order valence-electron chi connectivity index (χ0n) is 8.37. The Balaban J connectivity index is 2.28. The minimum Gasteiger partial charge on any atom is -0.396 e. The van der Waals surface area contributed by atoms with Gasteiger partial charge in [-0.1, -0.05) is 6.07 Å². The third-order valence-electron chi connectivity index (χ3n) is 2.68. The predicted octanol–water partition coefficient (Wildman–Crippen LogP) is 1.64. The Bertz CT molecular complexity index is 386. The molecule has 1 saturated heterocycles. The molecule has 0 unspecified atom stereocenters. The van der Waals surface area contributed by atoms with Crippen LogP contribution in [0.5, 0.6) is 0 Å². The zero-order chi connectivity index (χ0) is 10.8. The zero-order valence-corrected chi connectivity index (χ0v) is 8.37. The Kier molecular flexibility index (Phi) is 2.58. The number of para-hydroxylation sites is 1. The SMILES string of the molecule is Nc1c(F)cccc1C(=O)N1CCCC1. The highest BCUT2D eigenvalue weighted by molar-refractivity contribution is 5.99. The molecule has 1 aromatic carbocycles. The van der Waals surface area contributed by atoms with Gasteiger partial charge in [0.2, 0.25) is 0 Å². The largest absolute Gasteiger partial charge is 0.396 e. The van der Waals surface area contributed by atoms with E-state index in [0.29, 0.717) is 0 Å². The lowest BCUT2D eigenvalue weighted by atomic mass is 10.1. The van der Waals surface area contributed by atoms with Crippen LogP contribution in [0.15, 0.2) is 18.2 Å². The number of anilines is 1. The standard InChI is InChI=1S/C11H13FN2O/c12-9-5-3-4-8(10(9)13)11(15)14-6-1-2-7-14/h3-5H,1-2,6-7,13H2. The number of carbonyl (C=O) groups is 1. The van der Waals surface area contributed by atoms with E-state index in [9.17, 15) is 9.18 Å². The first-order valence-electron chi connectivity index (χ1n) is 5.03. The summed E-state index contributed by atoms with van der Waals surface area (Å²) in [6.45, 7) is 1.49. The molecule has 0 aromatic heterocycles. The summed E-state index contributed by atoms with van der Waals surface area (Å²) in [5.74, 6) is -0.690. The van der Waals surface area contributed by atoms with Gasteiger partial charge in [0.25, 0.3) is 5.91 Å². The number of halogens is 1. The summed E-state index contributed by atoms with van der Waals surface area (Å²) in [6, 6.07) is 4.34. The summed E-state index contributed by atoms with van der Waals surface area (Å²) in [6.07, 6.45) is 2.03. The highest BCUT2D eigenvalue weighted by atomic mass is 19.1. The summed E-state index contributed by atoms with van der Waals surface area (Å²) in [5.41, 5.74) is 5.76. The minimum absolute atomic E-state index is 0.0469. The number of hydrogen-bond donors (Lipinski definition) is 1. The highest BCUT2D eigenvalue weighted by Crippen LogP contribution is 2.20. The summed E-state index contributed by atoms with van der Waals surface area (Å²) < 4.78 is 13.1. The molecule has 0 spiro atoms. The molecule has 1 aliphatic rings. The van der Waals surface area contributed by atoms with Gasteiger partial charge in [0.15, 0.2) is 0 Å². The van der Waals surface area contributed by atoms with E-state index in [4.69, 9.17) is 5.73 Å². The maximum Gasteiger partial charge on any atom is 0.256 e. The molecule has 15 heavy (non-hydrogen) atoms. The Morgan fingerprint density at radius 2 is 2.00 bits per heavy atom. The molecule has 1 fully saturated rings. The summed E-state index contributed by atoms with van der Waals surface area (Å²) in [4.78, 5) is 13.6. The van der Waals surface area contributed by atoms with E-state index < -0.39 is 5.82 Å². The average Bonchev–Trinajstić information content (AvgIpc) is 2.74. The number of nitrogens with two attached hydrogens (primary N) is 1. The van der Waals surface area contributed by atoms with Crippen LogP contribution in [0.3, 0.4) is 0 Å². The van der Waals surface area contributed by atoms with E-state index >= 15 is 0 Å². The van der Waals surface area contributed by atoms with E-state index in [0.717, 1.165) is 25.9 Å². The summed E-state index contributed by atoms with van der Waals surface area (Å²) in [7, 11) is 0. The third-order valence-corrected chi connectivity index (χ3v) is 2.68. The van der Waals surface area contributed by atoms with Crippen molar-refractivity contribution >= 4 is 11.6 Å². The van der Waals surface area contributed by atoms with E-state index in [1.165, 1.54) is 12.1 Å². The molecular weight excluding hydrogens is 195 g/mol. The van der Waals surface area contributed by atoms with E-state index in [1.807, 2.05) is 0 Å². The maximum absolute atomic E-state index is 13.1. The van der Waals surface area contributed by atoms with Gasteiger partial charge in [0, 0.05) is 13.1 Å². The molecule has 80 valence electrons. The lowest BCUT2D eigenvalue weighted by molar-refractivity contribution is 0.0793. The van der Waals surface area contributed by atoms with Crippen molar-refractivity contribution in [3.63, 3.8) is 0 Å². The smallest absolute Gasteiger partial charge is 0.256 e. The Morgan fingerprint density at radius 1 is 1.33 bits per heavy atom. The van der Waals surface area contributed by atoms with Gasteiger partial charge in [-0.3, -0.25) is 4.79 Å². The number of likely N-dealkylation sites (tertiary alicyclic amines) is 1. The fourth-order valence-corrected chi connectivity index (χ4v) is 1.81. The van der Waals surface area contributed by atoms with Crippen LogP contribution in [-0.2, 0) is 0 Å². The van der Waals surface area contributed by atoms with Crippen LogP contribution in [0.1, 0.15) is 23.2 Å². The van der Waals surface area contributed by atoms with Crippen molar-refractivity contribution in [3.05, 3.63) is 29.6 Å². The van der Waals surface area contributed by atoms with E-state index in [2.05, 4.69) is 0 Å². The number of amides is 1. The fourth-order valence-electron chi connectivity index (χ4n) is 1.81. The number of carbonyl (C=O) groups excluding carboxylic acids is 1. The normalized spacial score (nSPS) is 15.7. The van der Waals surface area contributed by atoms with Gasteiger partial charge in [-0.2, -0.15) is 0 Å². The van der Waals surface area contributed by atoms with Crippen LogP contribution in [0, 0.1) is 5.82 Å². The average molecular weight is 208 g/mol. The number of rotatable bonds is 1. The Hall–Kier alpha value is -1.58. The van der Waals surface area contributed by atoms with Gasteiger partial charge in [-0.15, -0.1) is 0 Å². The first kappa shape index (κ1) is 9.96. The van der Waals surface area contributed by atoms with Crippen molar-refractivity contribution in [1.82, 2.24) is 4.90 Å². The van der Waals surface area contributed by atoms with Crippen LogP contribution in [0.2, 0.25) is 0 Å². The molecule has 4 heteroatoms. The summed E-state index contributed by atoms with van der Waals surface area (Å²) in [5, 5.41) is 0. The van der Waals surface area contributed by atoms with E-state index in [1.54, 1.807) is 11.0 Å². The second-order valence-corrected chi connectivity index (χ2v) is 3.70. The lowest BCUT2D eigenvalue weighted by Crippen LogP contribution is -2.28. The predicted molar refractivity (Wildman–Crippen MR) is 55.9 cm³/mol. The molecule has 1 heterocycles. The van der Waals surface area contributed by atoms with Crippen molar-refractivity contribution in [2.45, 2.75) is 12.8 Å². The number of nitrogen functional groups attached to an aromatic ring is 1. The van der Waals surface area contributed by atoms with Gasteiger partial charge in [-0.05, 0) is 25.0 Å². The van der Waals surface area contributed by atoms with Crippen molar-refractivity contribution in [2.75, 3.05) is 18.8 Å². The second kappa shape index (κ2) is 3.88. The van der Waals surface area contributed by atoms with Gasteiger partial charge in [0.05, 0.1) is 11.3 Å². The van der Waals surface area contributed by atoms with Crippen molar-refractivity contribution in [2.24, 2.45) is 0 Å². The van der Waals surface area contributed by atoms with Crippen LogP contribution in [0.4, 0.5) is 10.1 Å². The molecule has 1 aromatic rings. The first-order valence-corrected chi connectivity index (χ1v) is 5.03. The Labute approximate surface area is 87.7 Å². The Morgan fingerprint density at radius 3 is 2.67 bits per heavy atom. The molecule has 1 aliphatic heterocycles. The van der Waals surface area contributed by atoms with Gasteiger partial charge >= 0.3 is 0 Å². The topological polar surface area (TPSA) is 46.3 Å². The van der Waals surface area contributed by atoms with Crippen molar-refractivity contribution < 1.29 is 9.18 Å². The molecule has 1 amide bonds. The minimum atomic E-state index is -0.528. The molecular formula is C11H13FN2O. The van der Waals surface area contributed by atoms with Crippen LogP contribution < -0.4 is 5.73 Å². The number of benzene rings is 1. The molecule has 0 aliphatic carbocycles. The van der Waals surface area contributed by atoms with Gasteiger partial charge in [0.1, 0.15) is 5.82 Å². The quantitative estimate of drug-likeness (QED) is 0.713. The molecule has 2 N–H and O–H groups in total.